The molecule has 3 aromatic rings. The number of nitrogens with zero attached hydrogens (tertiary/aromatic N) is 4. The Balaban J connectivity index is 2.03. The average Bonchev–Trinajstić information content (AvgIpc) is 2.99. The van der Waals surface area contributed by atoms with Gasteiger partial charge in [-0.3, -0.25) is 4.98 Å². The SMILES string of the molecule is CCCCn1nc(-c2ccccc2)nc1-c1ccccn1. The van der Waals surface area contributed by atoms with Gasteiger partial charge in [-0.2, -0.15) is 5.10 Å². The Hall–Kier alpha value is -2.49. The molecule has 0 radical (unpaired) electrons. The first-order valence-corrected chi connectivity index (χ1v) is 7.30. The summed E-state index contributed by atoms with van der Waals surface area (Å²) in [6.07, 6.45) is 4.00. The lowest BCUT2D eigenvalue weighted by Crippen LogP contribution is -2.03. The molecule has 0 fully saturated rings. The zero-order valence-electron chi connectivity index (χ0n) is 12.1. The van der Waals surface area contributed by atoms with Crippen LogP contribution in [-0.2, 0) is 6.54 Å². The van der Waals surface area contributed by atoms with Crippen LogP contribution >= 0.6 is 0 Å². The molecule has 0 N–H and O–H groups in total. The summed E-state index contributed by atoms with van der Waals surface area (Å²) in [7, 11) is 0. The van der Waals surface area contributed by atoms with E-state index < -0.39 is 0 Å². The van der Waals surface area contributed by atoms with Crippen LogP contribution in [0.15, 0.2) is 54.7 Å². The number of benzene rings is 1. The number of unbranched alkanes of at least 4 members (excludes halogenated alkanes) is 1. The number of aromatic nitrogens is 4. The van der Waals surface area contributed by atoms with Crippen molar-refractivity contribution >= 4 is 0 Å². The summed E-state index contributed by atoms with van der Waals surface area (Å²) in [5.74, 6) is 1.59. The number of aryl methyl sites for hydroxylation is 1. The second-order valence-electron chi connectivity index (χ2n) is 4.92. The number of hydrogen-bond donors (Lipinski definition) is 0. The molecule has 21 heavy (non-hydrogen) atoms. The normalized spacial score (nSPS) is 10.7. The molecule has 0 aliphatic heterocycles. The molecule has 4 nitrogen and oxygen atoms in total. The minimum atomic E-state index is 0.757. The summed E-state index contributed by atoms with van der Waals surface area (Å²) in [6.45, 7) is 3.04. The largest absolute Gasteiger partial charge is 0.253 e. The predicted molar refractivity (Wildman–Crippen MR) is 83.6 cm³/mol. The van der Waals surface area contributed by atoms with E-state index in [0.717, 1.165) is 42.3 Å². The van der Waals surface area contributed by atoms with Crippen molar-refractivity contribution in [3.8, 4) is 22.9 Å². The van der Waals surface area contributed by atoms with Gasteiger partial charge in [0.2, 0.25) is 0 Å². The van der Waals surface area contributed by atoms with E-state index in [1.165, 1.54) is 0 Å². The summed E-state index contributed by atoms with van der Waals surface area (Å²) in [6, 6.07) is 15.9. The Morgan fingerprint density at radius 2 is 1.81 bits per heavy atom. The molecule has 106 valence electrons. The second kappa shape index (κ2) is 6.31. The lowest BCUT2D eigenvalue weighted by atomic mass is 10.2. The van der Waals surface area contributed by atoms with E-state index in [2.05, 4.69) is 17.0 Å². The van der Waals surface area contributed by atoms with Crippen LogP contribution in [0.5, 0.6) is 0 Å². The Morgan fingerprint density at radius 1 is 1.00 bits per heavy atom. The quantitative estimate of drug-likeness (QED) is 0.713. The third kappa shape index (κ3) is 2.99. The third-order valence-electron chi connectivity index (χ3n) is 3.32. The van der Waals surface area contributed by atoms with Crippen molar-refractivity contribution in [2.45, 2.75) is 26.3 Å². The minimum absolute atomic E-state index is 0.757. The first-order chi connectivity index (χ1) is 10.4. The molecule has 0 bridgehead atoms. The monoisotopic (exact) mass is 278 g/mol. The van der Waals surface area contributed by atoms with Gasteiger partial charge in [-0.25, -0.2) is 9.67 Å². The molecule has 1 aromatic carbocycles. The highest BCUT2D eigenvalue weighted by molar-refractivity contribution is 5.59. The molecule has 0 unspecified atom stereocenters. The highest BCUT2D eigenvalue weighted by Crippen LogP contribution is 2.21. The van der Waals surface area contributed by atoms with E-state index >= 15 is 0 Å². The van der Waals surface area contributed by atoms with E-state index in [0.29, 0.717) is 0 Å². The number of pyridine rings is 1. The van der Waals surface area contributed by atoms with E-state index in [4.69, 9.17) is 4.98 Å². The van der Waals surface area contributed by atoms with Crippen LogP contribution in [0.4, 0.5) is 0 Å². The van der Waals surface area contributed by atoms with Crippen molar-refractivity contribution in [2.24, 2.45) is 0 Å². The van der Waals surface area contributed by atoms with Crippen molar-refractivity contribution in [3.05, 3.63) is 54.7 Å². The lowest BCUT2D eigenvalue weighted by molar-refractivity contribution is 0.576. The standard InChI is InChI=1S/C17H18N4/c1-2-3-13-21-17(15-11-7-8-12-18-15)19-16(20-21)14-9-5-4-6-10-14/h4-12H,2-3,13H2,1H3. The van der Waals surface area contributed by atoms with Gasteiger partial charge in [0.25, 0.3) is 0 Å². The first-order valence-electron chi connectivity index (χ1n) is 7.30. The maximum absolute atomic E-state index is 4.69. The average molecular weight is 278 g/mol. The second-order valence-corrected chi connectivity index (χ2v) is 4.92. The molecular weight excluding hydrogens is 260 g/mol. The van der Waals surface area contributed by atoms with Crippen molar-refractivity contribution < 1.29 is 0 Å². The molecule has 0 spiro atoms. The summed E-state index contributed by atoms with van der Waals surface area (Å²) in [4.78, 5) is 9.09. The highest BCUT2D eigenvalue weighted by atomic mass is 15.3. The molecule has 0 amide bonds. The number of rotatable bonds is 5. The molecule has 2 aromatic heterocycles. The van der Waals surface area contributed by atoms with Gasteiger partial charge in [0.15, 0.2) is 11.6 Å². The van der Waals surface area contributed by atoms with Crippen molar-refractivity contribution in [1.29, 1.82) is 0 Å². The Morgan fingerprint density at radius 3 is 2.52 bits per heavy atom. The van der Waals surface area contributed by atoms with Crippen LogP contribution in [0.2, 0.25) is 0 Å². The van der Waals surface area contributed by atoms with Gasteiger partial charge in [-0.15, -0.1) is 0 Å². The molecule has 4 heteroatoms. The molecular formula is C17H18N4. The summed E-state index contributed by atoms with van der Waals surface area (Å²) < 4.78 is 1.97. The molecule has 0 atom stereocenters. The maximum Gasteiger partial charge on any atom is 0.181 e. The van der Waals surface area contributed by atoms with Gasteiger partial charge in [0.05, 0.1) is 0 Å². The van der Waals surface area contributed by atoms with Gasteiger partial charge in [0, 0.05) is 18.3 Å². The van der Waals surface area contributed by atoms with Crippen molar-refractivity contribution in [3.63, 3.8) is 0 Å². The van der Waals surface area contributed by atoms with Crippen LogP contribution in [-0.4, -0.2) is 19.7 Å². The zero-order valence-corrected chi connectivity index (χ0v) is 12.1. The van der Waals surface area contributed by atoms with Crippen LogP contribution in [0, 0.1) is 0 Å². The maximum atomic E-state index is 4.69. The summed E-state index contributed by atoms with van der Waals surface area (Å²) >= 11 is 0. The lowest BCUT2D eigenvalue weighted by Gasteiger charge is -2.03. The van der Waals surface area contributed by atoms with Gasteiger partial charge < -0.3 is 0 Å². The number of hydrogen-bond acceptors (Lipinski definition) is 3. The molecule has 3 rings (SSSR count). The van der Waals surface area contributed by atoms with E-state index in [9.17, 15) is 0 Å². The van der Waals surface area contributed by atoms with E-state index in [-0.39, 0.29) is 0 Å². The third-order valence-corrected chi connectivity index (χ3v) is 3.32. The van der Waals surface area contributed by atoms with Crippen LogP contribution in [0.25, 0.3) is 22.9 Å². The van der Waals surface area contributed by atoms with Crippen LogP contribution in [0.3, 0.4) is 0 Å². The molecule has 0 aliphatic carbocycles. The Bertz CT molecular complexity index is 689. The van der Waals surface area contributed by atoms with Crippen molar-refractivity contribution in [2.75, 3.05) is 0 Å². The van der Waals surface area contributed by atoms with Crippen LogP contribution < -0.4 is 0 Å². The van der Waals surface area contributed by atoms with Crippen LogP contribution in [0.1, 0.15) is 19.8 Å². The van der Waals surface area contributed by atoms with E-state index in [1.807, 2.05) is 53.2 Å². The molecule has 0 saturated carbocycles. The topological polar surface area (TPSA) is 43.6 Å². The molecule has 2 heterocycles. The molecule has 0 aliphatic rings. The Labute approximate surface area is 124 Å². The van der Waals surface area contributed by atoms with E-state index in [1.54, 1.807) is 6.20 Å². The predicted octanol–water partition coefficient (Wildman–Crippen LogP) is 3.81. The first kappa shape index (κ1) is 13.5. The van der Waals surface area contributed by atoms with Gasteiger partial charge >= 0.3 is 0 Å². The fourth-order valence-electron chi connectivity index (χ4n) is 2.20. The fourth-order valence-corrected chi connectivity index (χ4v) is 2.20. The Kier molecular flexibility index (Phi) is 4.05. The summed E-state index contributed by atoms with van der Waals surface area (Å²) in [5, 5.41) is 4.66. The van der Waals surface area contributed by atoms with Gasteiger partial charge in [-0.1, -0.05) is 49.7 Å². The van der Waals surface area contributed by atoms with Gasteiger partial charge in [-0.05, 0) is 18.6 Å². The molecule has 0 saturated heterocycles. The highest BCUT2D eigenvalue weighted by Gasteiger charge is 2.13. The van der Waals surface area contributed by atoms with Gasteiger partial charge in [0.1, 0.15) is 5.69 Å². The zero-order chi connectivity index (χ0) is 14.5. The smallest absolute Gasteiger partial charge is 0.181 e. The minimum Gasteiger partial charge on any atom is -0.253 e. The fraction of sp³-hybridized carbons (Fsp3) is 0.235. The van der Waals surface area contributed by atoms with Crippen molar-refractivity contribution in [1.82, 2.24) is 19.7 Å². The summed E-state index contributed by atoms with van der Waals surface area (Å²) in [5.41, 5.74) is 1.90.